The smallest absolute Gasteiger partial charge is 0.332 e. The number of fused-ring (bicyclic) bond motifs is 3. The predicted molar refractivity (Wildman–Crippen MR) is 117 cm³/mol. The highest BCUT2D eigenvalue weighted by atomic mass is 16.5. The Balaban J connectivity index is 1.77. The standard InChI is InChI=1S/C21H26N6O3/c1-12-7-8-16(30-6)15(11-12)22-9-10-26-13(2)14(3)27-17-18(23-20(26)27)24(4)21(29)25(5)19(17)28/h7-8,11,22H,9-10H2,1-6H3. The normalized spacial score (nSPS) is 11.5. The van der Waals surface area contributed by atoms with E-state index in [9.17, 15) is 9.59 Å². The van der Waals surface area contributed by atoms with Crippen LogP contribution in [0.5, 0.6) is 5.75 Å². The van der Waals surface area contributed by atoms with E-state index in [1.807, 2.05) is 43.4 Å². The van der Waals surface area contributed by atoms with Crippen LogP contribution in [0.2, 0.25) is 0 Å². The minimum absolute atomic E-state index is 0.344. The lowest BCUT2D eigenvalue weighted by molar-refractivity contribution is 0.416. The molecule has 0 amide bonds. The Morgan fingerprint density at radius 3 is 2.50 bits per heavy atom. The second kappa shape index (κ2) is 7.08. The van der Waals surface area contributed by atoms with Gasteiger partial charge in [0.25, 0.3) is 5.56 Å². The molecule has 3 aromatic heterocycles. The summed E-state index contributed by atoms with van der Waals surface area (Å²) in [7, 11) is 4.77. The van der Waals surface area contributed by atoms with Crippen LogP contribution >= 0.6 is 0 Å². The SMILES string of the molecule is COc1ccc(C)cc1NCCn1c(C)c(C)n2c3c(=O)n(C)c(=O)n(C)c3nc12. The van der Waals surface area contributed by atoms with Crippen molar-refractivity contribution in [1.29, 1.82) is 0 Å². The second-order valence-electron chi connectivity index (χ2n) is 7.58. The van der Waals surface area contributed by atoms with Gasteiger partial charge < -0.3 is 14.6 Å². The van der Waals surface area contributed by atoms with Gasteiger partial charge in [-0.15, -0.1) is 0 Å². The number of rotatable bonds is 5. The van der Waals surface area contributed by atoms with Crippen LogP contribution in [0.15, 0.2) is 27.8 Å². The Hall–Kier alpha value is -3.49. The lowest BCUT2D eigenvalue weighted by atomic mass is 10.2. The summed E-state index contributed by atoms with van der Waals surface area (Å²) in [6, 6.07) is 6.00. The third kappa shape index (κ3) is 2.80. The van der Waals surface area contributed by atoms with Crippen molar-refractivity contribution in [1.82, 2.24) is 23.1 Å². The summed E-state index contributed by atoms with van der Waals surface area (Å²) in [5.41, 5.74) is 4.10. The largest absolute Gasteiger partial charge is 0.495 e. The molecule has 0 bridgehead atoms. The fourth-order valence-corrected chi connectivity index (χ4v) is 3.92. The number of ether oxygens (including phenoxy) is 1. The third-order valence-corrected chi connectivity index (χ3v) is 5.75. The van der Waals surface area contributed by atoms with Gasteiger partial charge in [-0.1, -0.05) is 6.07 Å². The zero-order valence-corrected chi connectivity index (χ0v) is 18.1. The molecule has 0 aliphatic carbocycles. The lowest BCUT2D eigenvalue weighted by Gasteiger charge is -2.13. The van der Waals surface area contributed by atoms with Gasteiger partial charge in [-0.05, 0) is 38.5 Å². The van der Waals surface area contributed by atoms with Crippen LogP contribution in [0.3, 0.4) is 0 Å². The van der Waals surface area contributed by atoms with Gasteiger partial charge in [0.2, 0.25) is 5.78 Å². The van der Waals surface area contributed by atoms with Gasteiger partial charge >= 0.3 is 5.69 Å². The molecule has 1 aromatic carbocycles. The van der Waals surface area contributed by atoms with E-state index in [0.29, 0.717) is 30.0 Å². The molecule has 4 rings (SSSR count). The first-order valence-electron chi connectivity index (χ1n) is 9.78. The van der Waals surface area contributed by atoms with Gasteiger partial charge in [0.15, 0.2) is 11.2 Å². The minimum atomic E-state index is -0.387. The van der Waals surface area contributed by atoms with Crippen molar-refractivity contribution in [3.8, 4) is 5.75 Å². The van der Waals surface area contributed by atoms with Crippen LogP contribution < -0.4 is 21.3 Å². The molecule has 158 valence electrons. The molecule has 30 heavy (non-hydrogen) atoms. The van der Waals surface area contributed by atoms with Crippen molar-refractivity contribution in [2.45, 2.75) is 27.3 Å². The average Bonchev–Trinajstić information content (AvgIpc) is 3.22. The fourth-order valence-electron chi connectivity index (χ4n) is 3.92. The molecule has 0 atom stereocenters. The molecule has 0 aliphatic rings. The monoisotopic (exact) mass is 410 g/mol. The first-order chi connectivity index (χ1) is 14.3. The molecule has 0 spiro atoms. The van der Waals surface area contributed by atoms with Crippen molar-refractivity contribution < 1.29 is 4.74 Å². The summed E-state index contributed by atoms with van der Waals surface area (Å²) in [4.78, 5) is 29.8. The van der Waals surface area contributed by atoms with Crippen molar-refractivity contribution >= 4 is 22.6 Å². The van der Waals surface area contributed by atoms with Crippen LogP contribution in [0.1, 0.15) is 17.0 Å². The summed E-state index contributed by atoms with van der Waals surface area (Å²) in [6.45, 7) is 7.29. The number of methoxy groups -OCH3 is 1. The van der Waals surface area contributed by atoms with Crippen molar-refractivity contribution in [2.75, 3.05) is 19.0 Å². The molecule has 4 aromatic rings. The summed E-state index contributed by atoms with van der Waals surface area (Å²) in [5, 5.41) is 3.43. The molecule has 3 heterocycles. The van der Waals surface area contributed by atoms with Crippen molar-refractivity contribution in [3.63, 3.8) is 0 Å². The van der Waals surface area contributed by atoms with E-state index in [4.69, 9.17) is 4.74 Å². The second-order valence-corrected chi connectivity index (χ2v) is 7.58. The summed E-state index contributed by atoms with van der Waals surface area (Å²) < 4.78 is 11.9. The van der Waals surface area contributed by atoms with Crippen LogP contribution in [0.4, 0.5) is 5.69 Å². The van der Waals surface area contributed by atoms with Crippen LogP contribution in [0, 0.1) is 20.8 Å². The van der Waals surface area contributed by atoms with Gasteiger partial charge in [0.1, 0.15) is 5.75 Å². The van der Waals surface area contributed by atoms with E-state index in [0.717, 1.165) is 33.0 Å². The number of nitrogens with zero attached hydrogens (tertiary/aromatic N) is 5. The summed E-state index contributed by atoms with van der Waals surface area (Å²) >= 11 is 0. The summed E-state index contributed by atoms with van der Waals surface area (Å²) in [6.07, 6.45) is 0. The van der Waals surface area contributed by atoms with Gasteiger partial charge in [0.05, 0.1) is 12.8 Å². The van der Waals surface area contributed by atoms with Crippen LogP contribution in [-0.2, 0) is 20.6 Å². The maximum absolute atomic E-state index is 12.8. The number of imidazole rings is 2. The van der Waals surface area contributed by atoms with Gasteiger partial charge in [-0.2, -0.15) is 4.98 Å². The number of hydrogen-bond acceptors (Lipinski definition) is 5. The number of aryl methyl sites for hydroxylation is 3. The lowest BCUT2D eigenvalue weighted by Crippen LogP contribution is -2.37. The number of anilines is 1. The Labute approximate surface area is 173 Å². The number of hydrogen-bond donors (Lipinski definition) is 1. The first-order valence-corrected chi connectivity index (χ1v) is 9.78. The quantitative estimate of drug-likeness (QED) is 0.541. The zero-order valence-electron chi connectivity index (χ0n) is 18.1. The van der Waals surface area contributed by atoms with Crippen molar-refractivity contribution in [3.05, 3.63) is 56.0 Å². The third-order valence-electron chi connectivity index (χ3n) is 5.75. The van der Waals surface area contributed by atoms with Gasteiger partial charge in [-0.25, -0.2) is 4.79 Å². The van der Waals surface area contributed by atoms with E-state index in [1.165, 1.54) is 11.6 Å². The van der Waals surface area contributed by atoms with E-state index in [2.05, 4.69) is 14.9 Å². The Morgan fingerprint density at radius 2 is 1.80 bits per heavy atom. The highest BCUT2D eigenvalue weighted by Crippen LogP contribution is 2.25. The highest BCUT2D eigenvalue weighted by Gasteiger charge is 2.21. The molecule has 0 saturated heterocycles. The molecule has 9 heteroatoms. The molecule has 0 radical (unpaired) electrons. The number of nitrogens with one attached hydrogen (secondary N) is 1. The van der Waals surface area contributed by atoms with E-state index < -0.39 is 0 Å². The Kier molecular flexibility index (Phi) is 4.68. The zero-order chi connectivity index (χ0) is 21.7. The molecular weight excluding hydrogens is 384 g/mol. The van der Waals surface area contributed by atoms with Crippen LogP contribution in [0.25, 0.3) is 16.9 Å². The summed E-state index contributed by atoms with van der Waals surface area (Å²) in [5.74, 6) is 1.44. The first kappa shape index (κ1) is 19.8. The Morgan fingerprint density at radius 1 is 1.07 bits per heavy atom. The maximum Gasteiger partial charge on any atom is 0.332 e. The minimum Gasteiger partial charge on any atom is -0.495 e. The maximum atomic E-state index is 12.8. The molecular formula is C21H26N6O3. The van der Waals surface area contributed by atoms with Gasteiger partial charge in [-0.3, -0.25) is 18.3 Å². The van der Waals surface area contributed by atoms with E-state index in [1.54, 1.807) is 14.2 Å². The Bertz CT molecular complexity index is 1400. The molecule has 9 nitrogen and oxygen atoms in total. The fraction of sp³-hybridized carbons (Fsp3) is 0.381. The molecule has 0 fully saturated rings. The molecule has 0 unspecified atom stereocenters. The number of benzene rings is 1. The molecule has 1 N–H and O–H groups in total. The van der Waals surface area contributed by atoms with Crippen molar-refractivity contribution in [2.24, 2.45) is 14.1 Å². The predicted octanol–water partition coefficient (Wildman–Crippen LogP) is 1.73. The molecule has 0 saturated carbocycles. The topological polar surface area (TPSA) is 87.5 Å². The van der Waals surface area contributed by atoms with Gasteiger partial charge in [0, 0.05) is 38.6 Å². The highest BCUT2D eigenvalue weighted by molar-refractivity contribution is 5.76. The number of aromatic nitrogens is 5. The van der Waals surface area contributed by atoms with E-state index >= 15 is 0 Å². The van der Waals surface area contributed by atoms with E-state index in [-0.39, 0.29) is 11.2 Å². The molecule has 0 aliphatic heterocycles. The van der Waals surface area contributed by atoms with Crippen LogP contribution in [-0.4, -0.2) is 36.7 Å². The average molecular weight is 410 g/mol.